The van der Waals surface area contributed by atoms with Gasteiger partial charge in [-0.1, -0.05) is 26.0 Å². The predicted octanol–water partition coefficient (Wildman–Crippen LogP) is 3.43. The van der Waals surface area contributed by atoms with E-state index in [1.165, 1.54) is 5.56 Å². The van der Waals surface area contributed by atoms with Crippen molar-refractivity contribution >= 4 is 0 Å². The maximum atomic E-state index is 8.84. The van der Waals surface area contributed by atoms with Gasteiger partial charge in [0.2, 0.25) is 0 Å². The van der Waals surface area contributed by atoms with Gasteiger partial charge < -0.3 is 10.1 Å². The summed E-state index contributed by atoms with van der Waals surface area (Å²) in [5.41, 5.74) is 1.24. The smallest absolute Gasteiger partial charge is 0.184 e. The molecular weight excluding hydrogens is 224 g/mol. The van der Waals surface area contributed by atoms with E-state index < -0.39 is 0 Å². The Hall–Kier alpha value is -1.53. The van der Waals surface area contributed by atoms with Gasteiger partial charge in [-0.15, -0.1) is 0 Å². The lowest BCUT2D eigenvalue weighted by molar-refractivity contribution is 0.252. The summed E-state index contributed by atoms with van der Waals surface area (Å²) >= 11 is 0. The highest BCUT2D eigenvalue weighted by Crippen LogP contribution is 2.19. The van der Waals surface area contributed by atoms with Crippen LogP contribution in [0, 0.1) is 11.3 Å². The first-order chi connectivity index (χ1) is 8.71. The van der Waals surface area contributed by atoms with Crippen molar-refractivity contribution in [2.75, 3.05) is 6.54 Å². The number of nitriles is 1. The van der Waals surface area contributed by atoms with Crippen molar-refractivity contribution in [3.8, 4) is 11.8 Å². The Kier molecular flexibility index (Phi) is 6.24. The maximum Gasteiger partial charge on any atom is 0.184 e. The number of hydrogen-bond donors (Lipinski definition) is 1. The molecule has 3 nitrogen and oxygen atoms in total. The van der Waals surface area contributed by atoms with E-state index in [0.29, 0.717) is 12.5 Å². The van der Waals surface area contributed by atoms with Gasteiger partial charge >= 0.3 is 0 Å². The predicted molar refractivity (Wildman–Crippen MR) is 73.5 cm³/mol. The van der Waals surface area contributed by atoms with Crippen LogP contribution in [0.2, 0.25) is 0 Å². The molecule has 0 radical (unpaired) electrons. The Bertz CT molecular complexity index is 380. The fraction of sp³-hybridized carbons (Fsp3) is 0.533. The summed E-state index contributed by atoms with van der Waals surface area (Å²) in [7, 11) is 0. The van der Waals surface area contributed by atoms with Crippen LogP contribution < -0.4 is 10.1 Å². The van der Waals surface area contributed by atoms with E-state index in [-0.39, 0.29) is 6.10 Å². The van der Waals surface area contributed by atoms with Gasteiger partial charge in [0.1, 0.15) is 11.8 Å². The fourth-order valence-electron chi connectivity index (χ4n) is 1.68. The zero-order valence-corrected chi connectivity index (χ0v) is 11.4. The van der Waals surface area contributed by atoms with Gasteiger partial charge in [-0.2, -0.15) is 5.26 Å². The van der Waals surface area contributed by atoms with Crippen molar-refractivity contribution in [3.05, 3.63) is 29.8 Å². The van der Waals surface area contributed by atoms with Crippen molar-refractivity contribution in [1.29, 1.82) is 5.26 Å². The summed E-state index contributed by atoms with van der Waals surface area (Å²) < 4.78 is 5.55. The van der Waals surface area contributed by atoms with E-state index in [2.05, 4.69) is 25.2 Å². The van der Waals surface area contributed by atoms with Crippen molar-refractivity contribution in [2.24, 2.45) is 0 Å². The summed E-state index contributed by atoms with van der Waals surface area (Å²) in [6.45, 7) is 7.27. The molecule has 2 unspecified atom stereocenters. The highest BCUT2D eigenvalue weighted by atomic mass is 16.5. The molecule has 3 heteroatoms. The first-order valence-corrected chi connectivity index (χ1v) is 6.60. The van der Waals surface area contributed by atoms with Crippen LogP contribution in [-0.2, 0) is 0 Å². The van der Waals surface area contributed by atoms with E-state index in [0.717, 1.165) is 18.7 Å². The highest BCUT2D eigenvalue weighted by molar-refractivity contribution is 5.29. The van der Waals surface area contributed by atoms with E-state index in [4.69, 9.17) is 10.00 Å². The first-order valence-electron chi connectivity index (χ1n) is 6.60. The minimum atomic E-state index is -0.355. The third-order valence-corrected chi connectivity index (χ3v) is 2.87. The van der Waals surface area contributed by atoms with E-state index in [9.17, 15) is 0 Å². The Morgan fingerprint density at radius 2 is 1.94 bits per heavy atom. The number of hydrogen-bond acceptors (Lipinski definition) is 3. The van der Waals surface area contributed by atoms with E-state index >= 15 is 0 Å². The van der Waals surface area contributed by atoms with Gasteiger partial charge in [-0.25, -0.2) is 0 Å². The minimum absolute atomic E-state index is 0.344. The zero-order chi connectivity index (χ0) is 13.4. The topological polar surface area (TPSA) is 45.0 Å². The fourth-order valence-corrected chi connectivity index (χ4v) is 1.68. The first kappa shape index (κ1) is 14.5. The molecule has 98 valence electrons. The molecule has 2 atom stereocenters. The Labute approximate surface area is 110 Å². The molecule has 1 aromatic carbocycles. The molecule has 0 fully saturated rings. The van der Waals surface area contributed by atoms with Gasteiger partial charge in [0, 0.05) is 6.04 Å². The van der Waals surface area contributed by atoms with Crippen LogP contribution in [0.15, 0.2) is 24.3 Å². The van der Waals surface area contributed by atoms with Crippen molar-refractivity contribution in [2.45, 2.75) is 45.8 Å². The van der Waals surface area contributed by atoms with Crippen LogP contribution in [0.25, 0.3) is 0 Å². The lowest BCUT2D eigenvalue weighted by Gasteiger charge is -2.15. The van der Waals surface area contributed by atoms with Gasteiger partial charge in [0.05, 0.1) is 0 Å². The number of ether oxygens (including phenoxy) is 1. The Balaban J connectivity index is 2.59. The molecule has 0 aliphatic rings. The maximum absolute atomic E-state index is 8.84. The van der Waals surface area contributed by atoms with E-state index in [1.807, 2.05) is 31.2 Å². The molecule has 0 bridgehead atoms. The highest BCUT2D eigenvalue weighted by Gasteiger charge is 2.07. The van der Waals surface area contributed by atoms with E-state index in [1.54, 1.807) is 0 Å². The van der Waals surface area contributed by atoms with Crippen LogP contribution in [-0.4, -0.2) is 12.6 Å². The summed E-state index contributed by atoms with van der Waals surface area (Å²) in [6, 6.07) is 10.4. The van der Waals surface area contributed by atoms with Crippen LogP contribution in [0.1, 0.15) is 45.2 Å². The third kappa shape index (κ3) is 4.38. The van der Waals surface area contributed by atoms with Gasteiger partial charge in [0.15, 0.2) is 6.10 Å². The summed E-state index contributed by atoms with van der Waals surface area (Å²) in [6.07, 6.45) is 1.48. The molecule has 0 aliphatic heterocycles. The van der Waals surface area contributed by atoms with Crippen molar-refractivity contribution in [3.63, 3.8) is 0 Å². The van der Waals surface area contributed by atoms with Gasteiger partial charge in [-0.3, -0.25) is 0 Å². The average Bonchev–Trinajstić information content (AvgIpc) is 2.42. The second-order valence-electron chi connectivity index (χ2n) is 4.39. The van der Waals surface area contributed by atoms with Crippen LogP contribution in [0.4, 0.5) is 0 Å². The number of nitrogens with zero attached hydrogens (tertiary/aromatic N) is 1. The summed E-state index contributed by atoms with van der Waals surface area (Å²) in [4.78, 5) is 0. The monoisotopic (exact) mass is 246 g/mol. The number of benzene rings is 1. The Morgan fingerprint density at radius 3 is 2.44 bits per heavy atom. The molecule has 0 saturated carbocycles. The molecule has 1 aromatic rings. The molecule has 0 spiro atoms. The lowest BCUT2D eigenvalue weighted by atomic mass is 10.1. The van der Waals surface area contributed by atoms with Crippen molar-refractivity contribution < 1.29 is 4.74 Å². The third-order valence-electron chi connectivity index (χ3n) is 2.87. The second kappa shape index (κ2) is 7.73. The standard InChI is InChI=1S/C15H22N2O/c1-4-10-17-12(3)13-6-8-15(9-7-13)18-14(5-2)11-16/h6-9,12,14,17H,4-5,10H2,1-3H3. The second-order valence-corrected chi connectivity index (χ2v) is 4.39. The molecule has 0 saturated heterocycles. The quantitative estimate of drug-likeness (QED) is 0.801. The molecule has 1 rings (SSSR count). The van der Waals surface area contributed by atoms with Crippen LogP contribution in [0.3, 0.4) is 0 Å². The molecule has 0 aromatic heterocycles. The lowest BCUT2D eigenvalue weighted by Crippen LogP contribution is -2.19. The van der Waals surface area contributed by atoms with Crippen LogP contribution >= 0.6 is 0 Å². The van der Waals surface area contributed by atoms with Gasteiger partial charge in [0.25, 0.3) is 0 Å². The molecular formula is C15H22N2O. The molecule has 0 heterocycles. The summed E-state index contributed by atoms with van der Waals surface area (Å²) in [5.74, 6) is 0.759. The van der Waals surface area contributed by atoms with Crippen LogP contribution in [0.5, 0.6) is 5.75 Å². The average molecular weight is 246 g/mol. The Morgan fingerprint density at radius 1 is 1.28 bits per heavy atom. The molecule has 1 N–H and O–H groups in total. The number of nitrogens with one attached hydrogen (secondary N) is 1. The normalized spacial score (nSPS) is 13.7. The summed E-state index contributed by atoms with van der Waals surface area (Å²) in [5, 5.41) is 12.3. The zero-order valence-electron chi connectivity index (χ0n) is 11.4. The molecule has 18 heavy (non-hydrogen) atoms. The van der Waals surface area contributed by atoms with Gasteiger partial charge in [-0.05, 0) is 44.0 Å². The minimum Gasteiger partial charge on any atom is -0.476 e. The molecule has 0 aliphatic carbocycles. The SMILES string of the molecule is CCCNC(C)c1ccc(OC(C#N)CC)cc1. The molecule has 0 amide bonds. The van der Waals surface area contributed by atoms with Crippen molar-refractivity contribution in [1.82, 2.24) is 5.32 Å². The number of rotatable bonds is 7. The largest absolute Gasteiger partial charge is 0.476 e.